The average molecular weight is 262 g/mol. The summed E-state index contributed by atoms with van der Waals surface area (Å²) in [5.41, 5.74) is 0.465. The van der Waals surface area contributed by atoms with Gasteiger partial charge in [0.25, 0.3) is 0 Å². The number of benzene rings is 1. The van der Waals surface area contributed by atoms with Crippen molar-refractivity contribution in [1.82, 2.24) is 0 Å². The molecule has 0 fully saturated rings. The molecule has 0 aromatic heterocycles. The van der Waals surface area contributed by atoms with Gasteiger partial charge in [-0.05, 0) is 50.5 Å². The molecule has 2 heteroatoms. The lowest BCUT2D eigenvalue weighted by molar-refractivity contribution is 0.109. The molecular weight excluding hydrogens is 239 g/mol. The van der Waals surface area contributed by atoms with Gasteiger partial charge in [0.2, 0.25) is 0 Å². The summed E-state index contributed by atoms with van der Waals surface area (Å²) in [6.45, 7) is 5.71. The normalized spacial score (nSPS) is 13.5. The first-order valence-electron chi connectivity index (χ1n) is 6.96. The summed E-state index contributed by atoms with van der Waals surface area (Å²) < 4.78 is 13.2. The highest BCUT2D eigenvalue weighted by Gasteiger charge is 2.15. The first-order valence-corrected chi connectivity index (χ1v) is 6.96. The summed E-state index contributed by atoms with van der Waals surface area (Å²) >= 11 is 0. The summed E-state index contributed by atoms with van der Waals surface area (Å²) in [5, 5.41) is 10.1. The molecule has 0 amide bonds. The Balaban J connectivity index is 2.64. The van der Waals surface area contributed by atoms with Crippen molar-refractivity contribution < 1.29 is 9.50 Å². The second-order valence-electron chi connectivity index (χ2n) is 5.35. The van der Waals surface area contributed by atoms with Crippen LogP contribution >= 0.6 is 0 Å². The Labute approximate surface area is 115 Å². The van der Waals surface area contributed by atoms with E-state index in [9.17, 15) is 9.50 Å². The quantitative estimate of drug-likeness (QED) is 0.622. The van der Waals surface area contributed by atoms with Gasteiger partial charge in [-0.1, -0.05) is 38.0 Å². The Kier molecular flexibility index (Phi) is 6.05. The Morgan fingerprint density at radius 2 is 1.95 bits per heavy atom. The Morgan fingerprint density at radius 3 is 2.58 bits per heavy atom. The summed E-state index contributed by atoms with van der Waals surface area (Å²) in [7, 11) is 0. The summed E-state index contributed by atoms with van der Waals surface area (Å²) in [5.74, 6) is 5.43. The zero-order valence-electron chi connectivity index (χ0n) is 12.1. The van der Waals surface area contributed by atoms with Crippen LogP contribution in [0.15, 0.2) is 18.2 Å². The number of unbranched alkanes of at least 4 members (excludes halogenated alkanes) is 3. The van der Waals surface area contributed by atoms with Crippen LogP contribution in [0.5, 0.6) is 0 Å². The second kappa shape index (κ2) is 7.31. The third-order valence-electron chi connectivity index (χ3n) is 3.04. The van der Waals surface area contributed by atoms with Gasteiger partial charge < -0.3 is 5.11 Å². The largest absolute Gasteiger partial charge is 0.378 e. The van der Waals surface area contributed by atoms with Crippen LogP contribution in [0.25, 0.3) is 0 Å². The van der Waals surface area contributed by atoms with Crippen molar-refractivity contribution in [1.29, 1.82) is 0 Å². The SMILES string of the molecule is CCCCCCC(C)(O)C#Cc1cc(C)cc(F)c1. The van der Waals surface area contributed by atoms with E-state index in [0.29, 0.717) is 12.0 Å². The number of halogens is 1. The van der Waals surface area contributed by atoms with E-state index in [4.69, 9.17) is 0 Å². The maximum absolute atomic E-state index is 13.2. The maximum Gasteiger partial charge on any atom is 0.124 e. The van der Waals surface area contributed by atoms with Gasteiger partial charge >= 0.3 is 0 Å². The highest BCUT2D eigenvalue weighted by Crippen LogP contribution is 2.15. The summed E-state index contributed by atoms with van der Waals surface area (Å²) in [4.78, 5) is 0. The van der Waals surface area contributed by atoms with Gasteiger partial charge in [-0.2, -0.15) is 0 Å². The molecule has 0 aliphatic rings. The molecule has 0 aliphatic heterocycles. The molecule has 1 N–H and O–H groups in total. The summed E-state index contributed by atoms with van der Waals surface area (Å²) in [6, 6.07) is 4.68. The Morgan fingerprint density at radius 1 is 1.21 bits per heavy atom. The number of aryl methyl sites for hydroxylation is 1. The standard InChI is InChI=1S/C17H23FO/c1-4-5-6-7-9-17(3,19)10-8-15-11-14(2)12-16(18)13-15/h11-13,19H,4-7,9H2,1-3H3. The molecule has 0 aliphatic carbocycles. The van der Waals surface area contributed by atoms with E-state index in [2.05, 4.69) is 18.8 Å². The molecule has 0 bridgehead atoms. The number of rotatable bonds is 5. The van der Waals surface area contributed by atoms with Gasteiger partial charge in [-0.25, -0.2) is 4.39 Å². The van der Waals surface area contributed by atoms with E-state index in [0.717, 1.165) is 18.4 Å². The molecule has 1 aromatic rings. The number of aliphatic hydroxyl groups is 1. The fraction of sp³-hybridized carbons (Fsp3) is 0.529. The van der Waals surface area contributed by atoms with Crippen LogP contribution < -0.4 is 0 Å². The zero-order chi connectivity index (χ0) is 14.3. The molecule has 1 unspecified atom stereocenters. The lowest BCUT2D eigenvalue weighted by Gasteiger charge is -2.15. The Bertz CT molecular complexity index is 446. The fourth-order valence-corrected chi connectivity index (χ4v) is 1.97. The topological polar surface area (TPSA) is 20.2 Å². The minimum atomic E-state index is -0.992. The highest BCUT2D eigenvalue weighted by molar-refractivity contribution is 5.38. The first kappa shape index (κ1) is 15.7. The molecule has 0 saturated heterocycles. The molecule has 0 spiro atoms. The number of hydrogen-bond acceptors (Lipinski definition) is 1. The monoisotopic (exact) mass is 262 g/mol. The van der Waals surface area contributed by atoms with E-state index in [1.54, 1.807) is 6.92 Å². The van der Waals surface area contributed by atoms with E-state index in [-0.39, 0.29) is 5.82 Å². The van der Waals surface area contributed by atoms with Gasteiger partial charge in [-0.3, -0.25) is 0 Å². The van der Waals surface area contributed by atoms with E-state index in [1.807, 2.05) is 13.0 Å². The molecule has 104 valence electrons. The van der Waals surface area contributed by atoms with Crippen molar-refractivity contribution in [3.63, 3.8) is 0 Å². The van der Waals surface area contributed by atoms with Gasteiger partial charge in [0, 0.05) is 5.56 Å². The van der Waals surface area contributed by atoms with E-state index < -0.39 is 5.60 Å². The van der Waals surface area contributed by atoms with Gasteiger partial charge in [0.1, 0.15) is 11.4 Å². The molecule has 0 radical (unpaired) electrons. The van der Waals surface area contributed by atoms with E-state index in [1.165, 1.54) is 25.0 Å². The fourth-order valence-electron chi connectivity index (χ4n) is 1.97. The smallest absolute Gasteiger partial charge is 0.124 e. The predicted molar refractivity (Wildman–Crippen MR) is 77.4 cm³/mol. The molecular formula is C17H23FO. The van der Waals surface area contributed by atoms with Crippen LogP contribution in [-0.4, -0.2) is 10.7 Å². The van der Waals surface area contributed by atoms with Crippen LogP contribution in [0.4, 0.5) is 4.39 Å². The molecule has 1 atom stereocenters. The molecule has 1 rings (SSSR count). The average Bonchev–Trinajstić information content (AvgIpc) is 2.31. The molecule has 1 aromatic carbocycles. The highest BCUT2D eigenvalue weighted by atomic mass is 19.1. The van der Waals surface area contributed by atoms with Crippen molar-refractivity contribution >= 4 is 0 Å². The van der Waals surface area contributed by atoms with Gasteiger partial charge in [0.15, 0.2) is 0 Å². The lowest BCUT2D eigenvalue weighted by atomic mass is 9.98. The van der Waals surface area contributed by atoms with Crippen molar-refractivity contribution in [3.05, 3.63) is 35.1 Å². The van der Waals surface area contributed by atoms with Crippen LogP contribution in [0.1, 0.15) is 57.1 Å². The van der Waals surface area contributed by atoms with Crippen LogP contribution in [0.3, 0.4) is 0 Å². The molecule has 0 heterocycles. The van der Waals surface area contributed by atoms with Crippen molar-refractivity contribution in [2.24, 2.45) is 0 Å². The van der Waals surface area contributed by atoms with Crippen LogP contribution in [0.2, 0.25) is 0 Å². The second-order valence-corrected chi connectivity index (χ2v) is 5.35. The summed E-state index contributed by atoms with van der Waals surface area (Å²) in [6.07, 6.45) is 5.11. The van der Waals surface area contributed by atoms with Crippen molar-refractivity contribution in [2.75, 3.05) is 0 Å². The number of hydrogen-bond donors (Lipinski definition) is 1. The minimum absolute atomic E-state index is 0.285. The van der Waals surface area contributed by atoms with Crippen LogP contribution in [0, 0.1) is 24.6 Å². The van der Waals surface area contributed by atoms with Crippen molar-refractivity contribution in [3.8, 4) is 11.8 Å². The minimum Gasteiger partial charge on any atom is -0.378 e. The lowest BCUT2D eigenvalue weighted by Crippen LogP contribution is -2.21. The van der Waals surface area contributed by atoms with Crippen LogP contribution in [-0.2, 0) is 0 Å². The van der Waals surface area contributed by atoms with Crippen molar-refractivity contribution in [2.45, 2.75) is 58.5 Å². The predicted octanol–water partition coefficient (Wildman–Crippen LogP) is 4.21. The first-order chi connectivity index (χ1) is 8.93. The van der Waals surface area contributed by atoms with E-state index >= 15 is 0 Å². The third kappa shape index (κ3) is 6.40. The maximum atomic E-state index is 13.2. The molecule has 1 nitrogen and oxygen atoms in total. The third-order valence-corrected chi connectivity index (χ3v) is 3.04. The van der Waals surface area contributed by atoms with Gasteiger partial charge in [0.05, 0.1) is 0 Å². The molecule has 0 saturated carbocycles. The Hall–Kier alpha value is -1.33. The zero-order valence-corrected chi connectivity index (χ0v) is 12.1. The molecule has 19 heavy (non-hydrogen) atoms. The van der Waals surface area contributed by atoms with Gasteiger partial charge in [-0.15, -0.1) is 0 Å².